The van der Waals surface area contributed by atoms with Gasteiger partial charge in [-0.1, -0.05) is 11.6 Å². The predicted molar refractivity (Wildman–Crippen MR) is 65.5 cm³/mol. The summed E-state index contributed by atoms with van der Waals surface area (Å²) in [5.41, 5.74) is 0.467. The maximum atomic E-state index is 12.1. The van der Waals surface area contributed by atoms with Gasteiger partial charge < -0.3 is 5.11 Å². The molecule has 0 saturated heterocycles. The zero-order valence-corrected chi connectivity index (χ0v) is 10.4. The van der Waals surface area contributed by atoms with Gasteiger partial charge in [-0.05, 0) is 38.4 Å². The Morgan fingerprint density at radius 1 is 1.29 bits per heavy atom. The molecule has 1 unspecified atom stereocenters. The number of carboxylic acids is 1. The number of carbonyl (C=O) groups excluding carboxylic acids is 1. The van der Waals surface area contributed by atoms with Crippen LogP contribution in [0.15, 0.2) is 24.3 Å². The van der Waals surface area contributed by atoms with Gasteiger partial charge in [0.2, 0.25) is 0 Å². The van der Waals surface area contributed by atoms with Gasteiger partial charge in [0.1, 0.15) is 0 Å². The lowest BCUT2D eigenvalue weighted by atomic mass is 10.0. The SMILES string of the molecule is CN(C)C(CC(=O)O)C(=O)c1ccc(Cl)cc1. The third kappa shape index (κ3) is 3.84. The average Bonchev–Trinajstić information content (AvgIpc) is 2.25. The van der Waals surface area contributed by atoms with E-state index >= 15 is 0 Å². The van der Waals surface area contributed by atoms with Gasteiger partial charge in [0.05, 0.1) is 12.5 Å². The van der Waals surface area contributed by atoms with Crippen LogP contribution < -0.4 is 0 Å². The van der Waals surface area contributed by atoms with Crippen LogP contribution in [0.2, 0.25) is 5.02 Å². The number of ketones is 1. The summed E-state index contributed by atoms with van der Waals surface area (Å²) < 4.78 is 0. The molecule has 1 atom stereocenters. The average molecular weight is 256 g/mol. The van der Waals surface area contributed by atoms with Crippen LogP contribution in [0.4, 0.5) is 0 Å². The van der Waals surface area contributed by atoms with Crippen molar-refractivity contribution >= 4 is 23.4 Å². The van der Waals surface area contributed by atoms with Crippen molar-refractivity contribution in [2.45, 2.75) is 12.5 Å². The highest BCUT2D eigenvalue weighted by Gasteiger charge is 2.24. The van der Waals surface area contributed by atoms with Crippen molar-refractivity contribution in [3.8, 4) is 0 Å². The molecule has 0 aliphatic heterocycles. The summed E-state index contributed by atoms with van der Waals surface area (Å²) in [6.07, 6.45) is -0.214. The minimum absolute atomic E-state index is 0.214. The van der Waals surface area contributed by atoms with Crippen molar-refractivity contribution in [3.63, 3.8) is 0 Å². The Kier molecular flexibility index (Phi) is 4.66. The standard InChI is InChI=1S/C12H14ClNO3/c1-14(2)10(7-11(15)16)12(17)8-3-5-9(13)6-4-8/h3-6,10H,7H2,1-2H3,(H,15,16). The number of rotatable bonds is 5. The summed E-state index contributed by atoms with van der Waals surface area (Å²) in [6, 6.07) is 5.77. The van der Waals surface area contributed by atoms with Crippen molar-refractivity contribution in [1.82, 2.24) is 4.90 Å². The molecular formula is C12H14ClNO3. The lowest BCUT2D eigenvalue weighted by Crippen LogP contribution is -2.37. The molecule has 0 aliphatic carbocycles. The minimum Gasteiger partial charge on any atom is -0.481 e. The molecule has 92 valence electrons. The fraction of sp³-hybridized carbons (Fsp3) is 0.333. The zero-order chi connectivity index (χ0) is 13.0. The summed E-state index contributed by atoms with van der Waals surface area (Å²) in [5.74, 6) is -1.21. The van der Waals surface area contributed by atoms with E-state index in [1.165, 1.54) is 0 Å². The molecule has 4 nitrogen and oxygen atoms in total. The first-order valence-corrected chi connectivity index (χ1v) is 5.47. The first kappa shape index (κ1) is 13.7. The predicted octanol–water partition coefficient (Wildman–Crippen LogP) is 1.93. The van der Waals surface area contributed by atoms with Crippen LogP contribution in [0, 0.1) is 0 Å². The van der Waals surface area contributed by atoms with Crippen LogP contribution in [0.5, 0.6) is 0 Å². The number of carboxylic acid groups (broad SMARTS) is 1. The number of hydrogen-bond donors (Lipinski definition) is 1. The van der Waals surface area contributed by atoms with Gasteiger partial charge in [0.15, 0.2) is 5.78 Å². The highest BCUT2D eigenvalue weighted by Crippen LogP contribution is 2.14. The van der Waals surface area contributed by atoms with Crippen LogP contribution >= 0.6 is 11.6 Å². The second kappa shape index (κ2) is 5.80. The first-order chi connectivity index (χ1) is 7.91. The van der Waals surface area contributed by atoms with Gasteiger partial charge in [-0.25, -0.2) is 0 Å². The normalized spacial score (nSPS) is 12.5. The van der Waals surface area contributed by atoms with Gasteiger partial charge >= 0.3 is 5.97 Å². The Bertz CT molecular complexity index is 414. The summed E-state index contributed by atoms with van der Waals surface area (Å²) >= 11 is 5.73. The van der Waals surface area contributed by atoms with Gasteiger partial charge in [0.25, 0.3) is 0 Å². The second-order valence-corrected chi connectivity index (χ2v) is 4.38. The van der Waals surface area contributed by atoms with Crippen molar-refractivity contribution in [2.75, 3.05) is 14.1 Å². The maximum Gasteiger partial charge on any atom is 0.305 e. The summed E-state index contributed by atoms with van der Waals surface area (Å²) in [6.45, 7) is 0. The number of carbonyl (C=O) groups is 2. The molecule has 5 heteroatoms. The maximum absolute atomic E-state index is 12.1. The Labute approximate surface area is 105 Å². The summed E-state index contributed by atoms with van der Waals surface area (Å²) in [7, 11) is 3.36. The number of benzene rings is 1. The molecule has 0 fully saturated rings. The lowest BCUT2D eigenvalue weighted by Gasteiger charge is -2.21. The highest BCUT2D eigenvalue weighted by molar-refractivity contribution is 6.30. The molecular weight excluding hydrogens is 242 g/mol. The van der Waals surface area contributed by atoms with Gasteiger partial charge in [0, 0.05) is 10.6 Å². The molecule has 0 aromatic heterocycles. The molecule has 17 heavy (non-hydrogen) atoms. The van der Waals surface area contributed by atoms with Crippen molar-refractivity contribution in [3.05, 3.63) is 34.9 Å². The third-order valence-corrected chi connectivity index (χ3v) is 2.67. The van der Waals surface area contributed by atoms with Crippen LogP contribution in [0.25, 0.3) is 0 Å². The van der Waals surface area contributed by atoms with E-state index in [2.05, 4.69) is 0 Å². The largest absolute Gasteiger partial charge is 0.481 e. The van der Waals surface area contributed by atoms with E-state index in [9.17, 15) is 9.59 Å². The van der Waals surface area contributed by atoms with E-state index in [0.717, 1.165) is 0 Å². The summed E-state index contributed by atoms with van der Waals surface area (Å²) in [5, 5.41) is 9.32. The van der Waals surface area contributed by atoms with Crippen LogP contribution in [0.3, 0.4) is 0 Å². The van der Waals surface area contributed by atoms with Crippen molar-refractivity contribution < 1.29 is 14.7 Å². The Balaban J connectivity index is 2.91. The fourth-order valence-corrected chi connectivity index (χ4v) is 1.61. The quantitative estimate of drug-likeness (QED) is 0.817. The van der Waals surface area contributed by atoms with Crippen LogP contribution in [-0.4, -0.2) is 41.9 Å². The molecule has 0 aliphatic rings. The molecule has 0 saturated carbocycles. The number of aliphatic carboxylic acids is 1. The smallest absolute Gasteiger partial charge is 0.305 e. The molecule has 0 radical (unpaired) electrons. The van der Waals surface area contributed by atoms with E-state index in [1.54, 1.807) is 43.3 Å². The monoisotopic (exact) mass is 255 g/mol. The Hall–Kier alpha value is -1.39. The minimum atomic E-state index is -0.994. The number of hydrogen-bond acceptors (Lipinski definition) is 3. The molecule has 0 heterocycles. The van der Waals surface area contributed by atoms with Gasteiger partial charge in [-0.15, -0.1) is 0 Å². The van der Waals surface area contributed by atoms with E-state index in [1.807, 2.05) is 0 Å². The second-order valence-electron chi connectivity index (χ2n) is 3.95. The van der Waals surface area contributed by atoms with E-state index in [-0.39, 0.29) is 12.2 Å². The van der Waals surface area contributed by atoms with Gasteiger partial charge in [-0.2, -0.15) is 0 Å². The number of Topliss-reactive ketones (excluding diaryl/α,β-unsaturated/α-hetero) is 1. The van der Waals surface area contributed by atoms with E-state index < -0.39 is 12.0 Å². The molecule has 1 aromatic carbocycles. The molecule has 1 aromatic rings. The topological polar surface area (TPSA) is 57.6 Å². The first-order valence-electron chi connectivity index (χ1n) is 5.10. The Morgan fingerprint density at radius 3 is 2.24 bits per heavy atom. The molecule has 1 N–H and O–H groups in total. The number of nitrogens with zero attached hydrogens (tertiary/aromatic N) is 1. The Morgan fingerprint density at radius 2 is 1.82 bits per heavy atom. The zero-order valence-electron chi connectivity index (χ0n) is 9.68. The highest BCUT2D eigenvalue weighted by atomic mass is 35.5. The van der Waals surface area contributed by atoms with E-state index in [4.69, 9.17) is 16.7 Å². The third-order valence-electron chi connectivity index (χ3n) is 2.42. The van der Waals surface area contributed by atoms with E-state index in [0.29, 0.717) is 10.6 Å². The number of halogens is 1. The van der Waals surface area contributed by atoms with Crippen LogP contribution in [0.1, 0.15) is 16.8 Å². The van der Waals surface area contributed by atoms with Crippen molar-refractivity contribution in [1.29, 1.82) is 0 Å². The summed E-state index contributed by atoms with van der Waals surface area (Å²) in [4.78, 5) is 24.4. The van der Waals surface area contributed by atoms with Gasteiger partial charge in [-0.3, -0.25) is 14.5 Å². The number of likely N-dealkylation sites (N-methyl/N-ethyl adjacent to an activating group) is 1. The molecule has 0 amide bonds. The molecule has 1 rings (SSSR count). The van der Waals surface area contributed by atoms with Crippen molar-refractivity contribution in [2.24, 2.45) is 0 Å². The lowest BCUT2D eigenvalue weighted by molar-refractivity contribution is -0.137. The molecule has 0 spiro atoms. The van der Waals surface area contributed by atoms with Crippen LogP contribution in [-0.2, 0) is 4.79 Å². The molecule has 0 bridgehead atoms. The fourth-order valence-electron chi connectivity index (χ4n) is 1.48.